The van der Waals surface area contributed by atoms with Gasteiger partial charge in [-0.05, 0) is 37.8 Å². The molecule has 0 bridgehead atoms. The number of nitrogens with zero attached hydrogens (tertiary/aromatic N) is 4. The van der Waals surface area contributed by atoms with E-state index in [4.69, 9.17) is 0 Å². The first-order chi connectivity index (χ1) is 24.5. The number of Topliss-reactive ketones (excluding diaryl/α,β-unsaturated/α-hetero) is 2. The molecule has 51 heavy (non-hydrogen) atoms. The second kappa shape index (κ2) is 17.2. The van der Waals surface area contributed by atoms with Crippen molar-refractivity contribution in [1.29, 1.82) is 0 Å². The smallest absolute Gasteiger partial charge is 0.271 e. The first-order valence-electron chi connectivity index (χ1n) is 16.4. The zero-order chi connectivity index (χ0) is 36.5. The molecule has 268 valence electrons. The highest BCUT2D eigenvalue weighted by Crippen LogP contribution is 2.39. The second-order valence-corrected chi connectivity index (χ2v) is 14.1. The quantitative estimate of drug-likeness (QED) is 0.0167. The van der Waals surface area contributed by atoms with E-state index in [9.17, 15) is 45.1 Å². The third-order valence-electron chi connectivity index (χ3n) is 8.20. The summed E-state index contributed by atoms with van der Waals surface area (Å²) in [4.78, 5) is 62.0. The van der Waals surface area contributed by atoms with Crippen LogP contribution in [0.4, 0.5) is 11.4 Å². The van der Waals surface area contributed by atoms with Crippen LogP contribution in [-0.4, -0.2) is 68.2 Å². The number of hydrogen-bond donors (Lipinski definition) is 5. The van der Waals surface area contributed by atoms with Crippen molar-refractivity contribution in [2.24, 2.45) is 0 Å². The summed E-state index contributed by atoms with van der Waals surface area (Å²) in [5.41, 5.74) is 1.74. The van der Waals surface area contributed by atoms with Crippen molar-refractivity contribution in [3.8, 4) is 17.2 Å². The summed E-state index contributed by atoms with van der Waals surface area (Å²) in [7, 11) is 0. The highest BCUT2D eigenvalue weighted by atomic mass is 32.2. The van der Waals surface area contributed by atoms with Gasteiger partial charge in [0.1, 0.15) is 28.4 Å². The molecule has 0 spiro atoms. The molecule has 0 atom stereocenters. The Hall–Kier alpha value is -5.16. The van der Waals surface area contributed by atoms with E-state index in [2.05, 4.69) is 19.9 Å². The zero-order valence-electron chi connectivity index (χ0n) is 27.4. The summed E-state index contributed by atoms with van der Waals surface area (Å²) in [6.07, 6.45) is 5.80. The Balaban J connectivity index is 1.00. The molecule has 0 aliphatic heterocycles. The number of aromatic hydroxyl groups is 3. The Morgan fingerprint density at radius 1 is 0.627 bits per heavy atom. The summed E-state index contributed by atoms with van der Waals surface area (Å²) >= 11 is 2.99. The van der Waals surface area contributed by atoms with Crippen LogP contribution in [0.5, 0.6) is 17.2 Å². The number of thioether (sulfide) groups is 2. The number of carbonyl (C=O) groups is 2. The number of rotatable bonds is 20. The minimum atomic E-state index is -0.706. The van der Waals surface area contributed by atoms with Gasteiger partial charge in [0.15, 0.2) is 21.9 Å². The molecule has 0 unspecified atom stereocenters. The molecule has 0 radical (unpaired) electrons. The monoisotopic (exact) mass is 736 g/mol. The molecule has 5 aromatic rings. The van der Waals surface area contributed by atoms with Gasteiger partial charge in [-0.15, -0.1) is 0 Å². The Kier molecular flexibility index (Phi) is 12.5. The van der Waals surface area contributed by atoms with Crippen LogP contribution in [0.2, 0.25) is 0 Å². The number of non-ortho nitro benzene ring substituents is 2. The highest BCUT2D eigenvalue weighted by Gasteiger charge is 2.26. The van der Waals surface area contributed by atoms with Crippen molar-refractivity contribution in [2.45, 2.75) is 74.5 Å². The lowest BCUT2D eigenvalue weighted by Crippen LogP contribution is -2.06. The number of unbranched alkanes of at least 4 members (excludes halogenated alkanes) is 6. The normalized spacial score (nSPS) is 11.4. The maximum Gasteiger partial charge on any atom is 0.271 e. The number of ketones is 2. The number of nitro benzene ring substituents is 2. The lowest BCUT2D eigenvalue weighted by molar-refractivity contribution is -0.384. The fraction of sp³-hybridized carbons (Fsp3) is 0.353. The number of phenolic OH excluding ortho intramolecular Hbond substituents is 3. The van der Waals surface area contributed by atoms with Gasteiger partial charge in [0, 0.05) is 54.7 Å². The number of H-pyrrole nitrogens is 2. The molecule has 2 aromatic heterocycles. The molecule has 2 heterocycles. The molecule has 5 rings (SSSR count). The van der Waals surface area contributed by atoms with Crippen LogP contribution in [0.1, 0.15) is 84.9 Å². The maximum atomic E-state index is 12.9. The molecule has 0 saturated heterocycles. The number of phenols is 3. The Bertz CT molecular complexity index is 1940. The average molecular weight is 737 g/mol. The van der Waals surface area contributed by atoms with Gasteiger partial charge in [0.05, 0.1) is 31.9 Å². The molecule has 0 amide bonds. The molecular weight excluding hydrogens is 701 g/mol. The number of aromatic nitrogens is 4. The van der Waals surface area contributed by atoms with Gasteiger partial charge in [-0.3, -0.25) is 29.8 Å². The van der Waals surface area contributed by atoms with Crippen molar-refractivity contribution in [1.82, 2.24) is 19.9 Å². The second-order valence-electron chi connectivity index (χ2n) is 11.9. The first-order valence-corrected chi connectivity index (χ1v) is 18.4. The molecule has 0 fully saturated rings. The van der Waals surface area contributed by atoms with E-state index in [0.717, 1.165) is 43.3 Å². The fourth-order valence-corrected chi connectivity index (χ4v) is 7.35. The van der Waals surface area contributed by atoms with Gasteiger partial charge < -0.3 is 25.3 Å². The number of benzene rings is 3. The van der Waals surface area contributed by atoms with Crippen LogP contribution in [0.25, 0.3) is 22.1 Å². The average Bonchev–Trinajstić information content (AvgIpc) is 3.69. The fourth-order valence-electron chi connectivity index (χ4n) is 5.57. The highest BCUT2D eigenvalue weighted by molar-refractivity contribution is 7.99. The third kappa shape index (κ3) is 9.55. The van der Waals surface area contributed by atoms with Crippen LogP contribution in [0, 0.1) is 20.2 Å². The number of hydrogen-bond acceptors (Lipinski definition) is 13. The number of aromatic amines is 2. The number of imidazole rings is 2. The Morgan fingerprint density at radius 2 is 1.04 bits per heavy atom. The Morgan fingerprint density at radius 3 is 1.45 bits per heavy atom. The molecule has 0 aliphatic rings. The maximum absolute atomic E-state index is 12.9. The number of nitro groups is 2. The van der Waals surface area contributed by atoms with E-state index in [1.54, 1.807) is 12.1 Å². The van der Waals surface area contributed by atoms with Gasteiger partial charge in [-0.25, -0.2) is 9.97 Å². The molecule has 17 heteroatoms. The standard InChI is InChI=1S/C34H36N6O9S2/c41-26(9-5-1-3-7-15-50-33-35-22-13-11-20(39(46)47)17-24(22)37-33)30-28(43)19-29(44)31(32(30)45)27(42)10-6-2-4-8-16-51-34-36-23-14-12-21(40(48)49)18-25(23)38-34/h11-14,17-19,43-45H,1-10,15-16H2,(H,35,37)(H,36,38). The third-order valence-corrected chi connectivity index (χ3v) is 10.1. The van der Waals surface area contributed by atoms with E-state index in [-0.39, 0.29) is 35.3 Å². The van der Waals surface area contributed by atoms with E-state index < -0.39 is 38.7 Å². The van der Waals surface area contributed by atoms with Gasteiger partial charge in [0.25, 0.3) is 11.4 Å². The van der Waals surface area contributed by atoms with Crippen molar-refractivity contribution in [3.05, 3.63) is 73.8 Å². The summed E-state index contributed by atoms with van der Waals surface area (Å²) in [5, 5.41) is 54.8. The largest absolute Gasteiger partial charge is 0.507 e. The van der Waals surface area contributed by atoms with Gasteiger partial charge in [-0.1, -0.05) is 49.2 Å². The van der Waals surface area contributed by atoms with Crippen molar-refractivity contribution in [2.75, 3.05) is 11.5 Å². The minimum absolute atomic E-state index is 0.00932. The molecule has 0 saturated carbocycles. The lowest BCUT2D eigenvalue weighted by atomic mass is 9.95. The molecule has 3 aromatic carbocycles. The van der Waals surface area contributed by atoms with Gasteiger partial charge in [0.2, 0.25) is 0 Å². The summed E-state index contributed by atoms with van der Waals surface area (Å²) in [5.74, 6) is -1.42. The number of nitrogens with one attached hydrogen (secondary N) is 2. The zero-order valence-corrected chi connectivity index (χ0v) is 29.1. The SMILES string of the molecule is O=C(CCCCCCSc1nc2ccc([N+](=O)[O-])cc2[nH]1)c1c(O)cc(O)c(C(=O)CCCCCCSc2nc3ccc([N+](=O)[O-])cc3[nH]2)c1O. The predicted molar refractivity (Wildman–Crippen MR) is 193 cm³/mol. The summed E-state index contributed by atoms with van der Waals surface area (Å²) in [6.45, 7) is 0. The molecule has 5 N–H and O–H groups in total. The lowest BCUT2D eigenvalue weighted by Gasteiger charge is -2.12. The van der Waals surface area contributed by atoms with Gasteiger partial charge >= 0.3 is 0 Å². The molecular formula is C34H36N6O9S2. The van der Waals surface area contributed by atoms with E-state index in [1.165, 1.54) is 47.8 Å². The van der Waals surface area contributed by atoms with Crippen LogP contribution in [-0.2, 0) is 0 Å². The molecule has 15 nitrogen and oxygen atoms in total. The van der Waals surface area contributed by atoms with Gasteiger partial charge in [-0.2, -0.15) is 0 Å². The summed E-state index contributed by atoms with van der Waals surface area (Å²) in [6, 6.07) is 9.84. The van der Waals surface area contributed by atoms with Crippen molar-refractivity contribution >= 4 is 68.5 Å². The minimum Gasteiger partial charge on any atom is -0.507 e. The molecule has 0 aliphatic carbocycles. The van der Waals surface area contributed by atoms with Crippen molar-refractivity contribution in [3.63, 3.8) is 0 Å². The topological polar surface area (TPSA) is 238 Å². The predicted octanol–water partition coefficient (Wildman–Crippen LogP) is 8.22. The summed E-state index contributed by atoms with van der Waals surface area (Å²) < 4.78 is 0. The van der Waals surface area contributed by atoms with Crippen LogP contribution >= 0.6 is 23.5 Å². The van der Waals surface area contributed by atoms with E-state index in [0.29, 0.717) is 58.1 Å². The van der Waals surface area contributed by atoms with E-state index in [1.807, 2.05) is 0 Å². The van der Waals surface area contributed by atoms with Crippen LogP contribution in [0.15, 0.2) is 52.8 Å². The Labute approximate surface area is 299 Å². The number of fused-ring (bicyclic) bond motifs is 2. The van der Waals surface area contributed by atoms with E-state index >= 15 is 0 Å². The first kappa shape index (κ1) is 37.1. The van der Waals surface area contributed by atoms with Crippen LogP contribution < -0.4 is 0 Å². The van der Waals surface area contributed by atoms with Crippen molar-refractivity contribution < 1.29 is 34.8 Å². The number of carbonyl (C=O) groups excluding carboxylic acids is 2. The van der Waals surface area contributed by atoms with Crippen LogP contribution in [0.3, 0.4) is 0 Å².